The minimum absolute atomic E-state index is 0.440. The summed E-state index contributed by atoms with van der Waals surface area (Å²) >= 11 is 0. The Morgan fingerprint density at radius 2 is 1.85 bits per heavy atom. The monoisotopic (exact) mass is 200 g/mol. The summed E-state index contributed by atoms with van der Waals surface area (Å²) in [7, 11) is 1.30. The Bertz CT molecular complexity index is 163. The molecule has 0 aliphatic carbocycles. The molecule has 6 heteroatoms. The topological polar surface area (TPSA) is 99.4 Å². The van der Waals surface area contributed by atoms with Crippen LogP contribution >= 0.6 is 0 Å². The van der Waals surface area contributed by atoms with Crippen molar-refractivity contribution in [2.24, 2.45) is 0 Å². The van der Waals surface area contributed by atoms with Crippen molar-refractivity contribution in [2.45, 2.75) is 30.7 Å². The van der Waals surface area contributed by atoms with E-state index >= 15 is 0 Å². The first-order valence-electron chi connectivity index (χ1n) is 3.95. The van der Waals surface area contributed by atoms with E-state index in [-0.39, 0.29) is 0 Å². The van der Waals surface area contributed by atoms with Crippen LogP contribution in [-0.2, 0) is 9.47 Å². The number of rotatable bonds is 2. The smallest absolute Gasteiger partial charge is 0.184 e. The number of aliphatic hydroxyl groups excluding tert-OH is 4. The first-order chi connectivity index (χ1) is 6.11. The fraction of sp³-hybridized carbons (Fsp3) is 1.00. The molecule has 4 N–H and O–H groups in total. The highest BCUT2D eigenvalue weighted by molar-refractivity contribution is 4.89. The Kier molecular flexibility index (Phi) is 3.60. The Morgan fingerprint density at radius 3 is 2.31 bits per heavy atom. The van der Waals surface area contributed by atoms with E-state index in [2.05, 4.69) is 0 Å². The number of methoxy groups -OCH3 is 1. The summed E-state index contributed by atoms with van der Waals surface area (Å²) in [5.74, 6) is 0. The maximum Gasteiger partial charge on any atom is 0.184 e. The summed E-state index contributed by atoms with van der Waals surface area (Å²) in [6.45, 7) is -0.440. The highest BCUT2D eigenvalue weighted by Gasteiger charge is 2.43. The summed E-state index contributed by atoms with van der Waals surface area (Å²) < 4.78 is 9.48. The third-order valence-corrected chi connectivity index (χ3v) is 2.11. The van der Waals surface area contributed by atoms with Crippen molar-refractivity contribution in [1.82, 2.24) is 0 Å². The summed E-state index contributed by atoms with van der Waals surface area (Å²) in [4.78, 5) is 0. The van der Waals surface area contributed by atoms with E-state index in [1.807, 2.05) is 0 Å². The number of hydrogen-bond acceptors (Lipinski definition) is 6. The molecule has 1 heterocycles. The Morgan fingerprint density at radius 1 is 1.23 bits per heavy atom. The van der Waals surface area contributed by atoms with Gasteiger partial charge < -0.3 is 29.9 Å². The van der Waals surface area contributed by atoms with Crippen LogP contribution in [0, 0.1) is 0 Å². The van der Waals surface area contributed by atoms with Crippen molar-refractivity contribution in [3.05, 3.63) is 0 Å². The first-order valence-corrected chi connectivity index (χ1v) is 3.95. The second-order valence-corrected chi connectivity index (χ2v) is 2.93. The van der Waals surface area contributed by atoms with Crippen LogP contribution in [0.1, 0.15) is 0 Å². The minimum Gasteiger partial charge on any atom is -0.394 e. The largest absolute Gasteiger partial charge is 0.394 e. The number of ether oxygens (including phenoxy) is 2. The number of hydrogen-bond donors (Lipinski definition) is 4. The zero-order valence-electron chi connectivity index (χ0n) is 7.20. The van der Waals surface area contributed by atoms with Gasteiger partial charge in [-0.3, -0.25) is 0 Å². The van der Waals surface area contributed by atoms with Crippen molar-refractivity contribution in [2.75, 3.05) is 13.7 Å². The predicted molar refractivity (Wildman–Crippen MR) is 40.8 cm³/mol. The predicted octanol–water partition coefficient (Wildman–Crippen LogP) is -2.57. The second kappa shape index (κ2) is 4.32. The zero-order valence-corrected chi connectivity index (χ0v) is 7.20. The van der Waals surface area contributed by atoms with Gasteiger partial charge in [-0.05, 0) is 0 Å². The molecule has 1 unspecified atom stereocenters. The van der Waals surface area contributed by atoms with Crippen LogP contribution in [0.3, 0.4) is 0 Å². The summed E-state index contributed by atoms with van der Waals surface area (Å²) in [6, 6.07) is 0. The van der Waals surface area contributed by atoms with Crippen LogP contribution in [0.4, 0.5) is 0 Å². The number of aliphatic hydroxyl groups is 4. The summed E-state index contributed by atoms with van der Waals surface area (Å²) in [6.07, 6.45) is -5.76. The molecule has 1 saturated heterocycles. The third kappa shape index (κ3) is 1.98. The Balaban J connectivity index is 2.69. The second-order valence-electron chi connectivity index (χ2n) is 2.93. The van der Waals surface area contributed by atoms with E-state index in [1.54, 1.807) is 0 Å². The molecule has 1 fully saturated rings. The van der Waals surface area contributed by atoms with E-state index in [1.165, 1.54) is 7.11 Å². The van der Waals surface area contributed by atoms with Crippen molar-refractivity contribution in [1.29, 1.82) is 0 Å². The van der Waals surface area contributed by atoms with Gasteiger partial charge in [0.2, 0.25) is 0 Å². The van der Waals surface area contributed by atoms with Crippen LogP contribution in [-0.4, -0.2) is 64.8 Å². The third-order valence-electron chi connectivity index (χ3n) is 2.11. The molecule has 0 bridgehead atoms. The van der Waals surface area contributed by atoms with E-state index in [9.17, 15) is 10.2 Å². The molecule has 0 radical (unpaired) electrons. The van der Waals surface area contributed by atoms with Gasteiger partial charge in [0.15, 0.2) is 6.29 Å². The SMILES string of the molecule is CO[13C@H]1[13C@H](O)[13C@@H]([13CH2]O)O[13CH](O)[13C@@H]1O. The van der Waals surface area contributed by atoms with Gasteiger partial charge in [0, 0.05) is 7.11 Å². The van der Waals surface area contributed by atoms with E-state index in [0.717, 1.165) is 0 Å². The zero-order chi connectivity index (χ0) is 10.0. The maximum atomic E-state index is 9.44. The van der Waals surface area contributed by atoms with E-state index < -0.39 is 37.3 Å². The fourth-order valence-electron chi connectivity index (χ4n) is 1.35. The van der Waals surface area contributed by atoms with Gasteiger partial charge in [-0.25, -0.2) is 0 Å². The highest BCUT2D eigenvalue weighted by atomic mass is 16.8. The molecule has 0 saturated carbocycles. The maximum absolute atomic E-state index is 9.44. The lowest BCUT2D eigenvalue weighted by molar-refractivity contribution is -0.290. The van der Waals surface area contributed by atoms with Crippen molar-refractivity contribution < 1.29 is 29.9 Å². The Hall–Kier alpha value is -0.240. The molecule has 0 amide bonds. The first kappa shape index (κ1) is 10.8. The molecule has 1 aliphatic heterocycles. The summed E-state index contributed by atoms with van der Waals surface area (Å²) in [5.41, 5.74) is 0. The average Bonchev–Trinajstić information content (AvgIpc) is 2.12. The molecule has 5 atom stereocenters. The van der Waals surface area contributed by atoms with Gasteiger partial charge in [-0.1, -0.05) is 0 Å². The summed E-state index contributed by atoms with van der Waals surface area (Å²) in [5, 5.41) is 36.6. The molecule has 1 rings (SSSR count). The molecule has 0 aromatic heterocycles. The van der Waals surface area contributed by atoms with Gasteiger partial charge in [0.05, 0.1) is 6.61 Å². The molecule has 13 heavy (non-hydrogen) atoms. The molecular formula is C7H14O6. The van der Waals surface area contributed by atoms with Gasteiger partial charge in [0.25, 0.3) is 0 Å². The Labute approximate surface area is 75.3 Å². The van der Waals surface area contributed by atoms with Gasteiger partial charge >= 0.3 is 0 Å². The molecule has 6 nitrogen and oxygen atoms in total. The normalized spacial score (nSPS) is 46.4. The lowest BCUT2D eigenvalue weighted by Gasteiger charge is -2.39. The van der Waals surface area contributed by atoms with Crippen molar-refractivity contribution in [3.8, 4) is 0 Å². The lowest BCUT2D eigenvalue weighted by Crippen LogP contribution is -2.59. The molecule has 0 spiro atoms. The molecule has 0 aromatic rings. The van der Waals surface area contributed by atoms with Gasteiger partial charge in [-0.2, -0.15) is 0 Å². The van der Waals surface area contributed by atoms with Crippen molar-refractivity contribution in [3.63, 3.8) is 0 Å². The molecular weight excluding hydrogens is 186 g/mol. The fourth-order valence-corrected chi connectivity index (χ4v) is 1.35. The van der Waals surface area contributed by atoms with Crippen molar-refractivity contribution >= 4 is 0 Å². The molecule has 0 aromatic carbocycles. The standard InChI is InChI=1S/C7H14O6/c1-12-6-4(9)3(2-8)13-7(11)5(6)10/h3-11H,2H2,1H3/t3-,4-,5-,6+,7?/m1/s1/i2+1,3+1,4+1,5+1,6+1,7+1. The van der Waals surface area contributed by atoms with E-state index in [0.29, 0.717) is 0 Å². The van der Waals surface area contributed by atoms with Gasteiger partial charge in [0.1, 0.15) is 24.4 Å². The van der Waals surface area contributed by atoms with Crippen LogP contribution in [0.25, 0.3) is 0 Å². The van der Waals surface area contributed by atoms with Crippen LogP contribution in [0.5, 0.6) is 0 Å². The van der Waals surface area contributed by atoms with Crippen LogP contribution < -0.4 is 0 Å². The lowest BCUT2D eigenvalue weighted by atomic mass is 10.9. The van der Waals surface area contributed by atoms with E-state index in [4.69, 9.17) is 19.7 Å². The van der Waals surface area contributed by atoms with Crippen LogP contribution in [0.15, 0.2) is 0 Å². The quantitative estimate of drug-likeness (QED) is 0.366. The van der Waals surface area contributed by atoms with Gasteiger partial charge in [-0.15, -0.1) is 0 Å². The highest BCUT2D eigenvalue weighted by Crippen LogP contribution is 2.21. The minimum atomic E-state index is -1.44. The molecule has 1 aliphatic rings. The average molecular weight is 200 g/mol. The van der Waals surface area contributed by atoms with Crippen LogP contribution in [0.2, 0.25) is 0 Å². The molecule has 78 valence electrons.